The molecule has 3 aromatic rings. The van der Waals surface area contributed by atoms with Crippen molar-refractivity contribution in [3.63, 3.8) is 0 Å². The fourth-order valence-corrected chi connectivity index (χ4v) is 3.21. The van der Waals surface area contributed by atoms with E-state index in [0.717, 1.165) is 29.9 Å². The second kappa shape index (κ2) is 7.31. The molecule has 1 fully saturated rings. The number of nitrogens with one attached hydrogen (secondary N) is 2. The molecule has 0 spiro atoms. The lowest BCUT2D eigenvalue weighted by Gasteiger charge is -2.08. The Kier molecular flexibility index (Phi) is 4.69. The third kappa shape index (κ3) is 3.67. The fraction of sp³-hybridized carbons (Fsp3) is 0.227. The molecule has 1 aliphatic rings. The molecule has 0 radical (unpaired) electrons. The van der Waals surface area contributed by atoms with Gasteiger partial charge in [-0.15, -0.1) is 0 Å². The van der Waals surface area contributed by atoms with Crippen LogP contribution in [0.2, 0.25) is 0 Å². The zero-order valence-corrected chi connectivity index (χ0v) is 15.9. The topological polar surface area (TPSA) is 76.0 Å². The molecule has 1 saturated carbocycles. The Morgan fingerprint density at radius 1 is 0.929 bits per heavy atom. The van der Waals surface area contributed by atoms with E-state index >= 15 is 0 Å². The minimum absolute atomic E-state index is 0.0661. The van der Waals surface area contributed by atoms with E-state index in [1.807, 2.05) is 44.2 Å². The Morgan fingerprint density at radius 3 is 2.14 bits per heavy atom. The van der Waals surface area contributed by atoms with Crippen LogP contribution in [0.3, 0.4) is 0 Å². The summed E-state index contributed by atoms with van der Waals surface area (Å²) in [6.45, 7) is 3.72. The first kappa shape index (κ1) is 18.0. The Hall–Kier alpha value is -3.41. The third-order valence-electron chi connectivity index (χ3n) is 4.88. The molecule has 0 bridgehead atoms. The van der Waals surface area contributed by atoms with Crippen molar-refractivity contribution in [1.29, 1.82) is 0 Å². The number of aryl methyl sites for hydroxylation is 1. The van der Waals surface area contributed by atoms with Crippen molar-refractivity contribution in [1.82, 2.24) is 9.78 Å². The lowest BCUT2D eigenvalue weighted by molar-refractivity contribution is -0.117. The van der Waals surface area contributed by atoms with Crippen LogP contribution in [0.15, 0.2) is 54.6 Å². The smallest absolute Gasteiger partial charge is 0.259 e. The van der Waals surface area contributed by atoms with Crippen LogP contribution in [-0.4, -0.2) is 21.6 Å². The van der Waals surface area contributed by atoms with E-state index in [1.165, 1.54) is 0 Å². The number of hydrogen-bond donors (Lipinski definition) is 2. The molecular weight excluding hydrogens is 352 g/mol. The van der Waals surface area contributed by atoms with Crippen LogP contribution in [0.5, 0.6) is 0 Å². The van der Waals surface area contributed by atoms with Gasteiger partial charge in [-0.25, -0.2) is 4.68 Å². The lowest BCUT2D eigenvalue weighted by atomic mass is 10.1. The number of aromatic nitrogens is 2. The zero-order valence-electron chi connectivity index (χ0n) is 15.9. The van der Waals surface area contributed by atoms with E-state index in [1.54, 1.807) is 28.9 Å². The summed E-state index contributed by atoms with van der Waals surface area (Å²) in [5.74, 6) is 0.0230. The van der Waals surface area contributed by atoms with Crippen molar-refractivity contribution < 1.29 is 9.59 Å². The molecule has 2 N–H and O–H groups in total. The lowest BCUT2D eigenvalue weighted by Crippen LogP contribution is -2.15. The number of para-hydroxylation sites is 1. The first-order valence-corrected chi connectivity index (χ1v) is 9.37. The van der Waals surface area contributed by atoms with E-state index < -0.39 is 0 Å². The van der Waals surface area contributed by atoms with E-state index in [2.05, 4.69) is 15.7 Å². The maximum absolute atomic E-state index is 12.8. The van der Waals surface area contributed by atoms with Crippen LogP contribution in [0.25, 0.3) is 5.69 Å². The molecule has 142 valence electrons. The minimum atomic E-state index is -0.202. The van der Waals surface area contributed by atoms with Gasteiger partial charge in [-0.3, -0.25) is 9.59 Å². The Bertz CT molecular complexity index is 1020. The van der Waals surface area contributed by atoms with Crippen LogP contribution in [-0.2, 0) is 4.79 Å². The van der Waals surface area contributed by atoms with Crippen LogP contribution in [0, 0.1) is 19.8 Å². The van der Waals surface area contributed by atoms with Gasteiger partial charge >= 0.3 is 0 Å². The fourth-order valence-electron chi connectivity index (χ4n) is 3.21. The highest BCUT2D eigenvalue weighted by atomic mass is 16.2. The van der Waals surface area contributed by atoms with Gasteiger partial charge in [0, 0.05) is 17.3 Å². The summed E-state index contributed by atoms with van der Waals surface area (Å²) in [5.41, 5.74) is 4.34. The maximum Gasteiger partial charge on any atom is 0.259 e. The molecule has 1 aromatic heterocycles. The van der Waals surface area contributed by atoms with Crippen LogP contribution >= 0.6 is 0 Å². The quantitative estimate of drug-likeness (QED) is 0.706. The Morgan fingerprint density at radius 2 is 1.54 bits per heavy atom. The van der Waals surface area contributed by atoms with Crippen molar-refractivity contribution in [2.45, 2.75) is 26.7 Å². The summed E-state index contributed by atoms with van der Waals surface area (Å²) in [4.78, 5) is 24.7. The van der Waals surface area contributed by atoms with Gasteiger partial charge in [-0.1, -0.05) is 18.2 Å². The summed E-state index contributed by atoms with van der Waals surface area (Å²) >= 11 is 0. The Labute approximate surface area is 163 Å². The molecule has 4 rings (SSSR count). The van der Waals surface area contributed by atoms with E-state index in [9.17, 15) is 9.59 Å². The van der Waals surface area contributed by atoms with Gasteiger partial charge in [0.05, 0.1) is 22.6 Å². The van der Waals surface area contributed by atoms with Gasteiger partial charge in [0.15, 0.2) is 0 Å². The number of rotatable bonds is 5. The molecule has 1 aliphatic carbocycles. The molecular formula is C22H22N4O2. The van der Waals surface area contributed by atoms with Crippen LogP contribution in [0.4, 0.5) is 11.4 Å². The monoisotopic (exact) mass is 374 g/mol. The van der Waals surface area contributed by atoms with Crippen molar-refractivity contribution in [2.24, 2.45) is 5.92 Å². The standard InChI is InChI=1S/C22H22N4O2/c1-14-20(15(2)26(25-14)19-6-4-3-5-7-19)22(28)24-18-12-10-17(11-13-18)23-21(27)16-8-9-16/h3-7,10-13,16H,8-9H2,1-2H3,(H,23,27)(H,24,28). The van der Waals surface area contributed by atoms with E-state index in [-0.39, 0.29) is 17.7 Å². The molecule has 0 atom stereocenters. The maximum atomic E-state index is 12.8. The predicted molar refractivity (Wildman–Crippen MR) is 109 cm³/mol. The molecule has 2 aromatic carbocycles. The Balaban J connectivity index is 1.49. The minimum Gasteiger partial charge on any atom is -0.326 e. The van der Waals surface area contributed by atoms with Gasteiger partial charge in [-0.2, -0.15) is 5.10 Å². The highest BCUT2D eigenvalue weighted by Crippen LogP contribution is 2.30. The largest absolute Gasteiger partial charge is 0.326 e. The normalized spacial score (nSPS) is 13.2. The van der Waals surface area contributed by atoms with Crippen molar-refractivity contribution in [2.75, 3.05) is 10.6 Å². The van der Waals surface area contributed by atoms with Gasteiger partial charge in [0.1, 0.15) is 0 Å². The summed E-state index contributed by atoms with van der Waals surface area (Å²) < 4.78 is 1.78. The first-order chi connectivity index (χ1) is 13.5. The molecule has 6 nitrogen and oxygen atoms in total. The second-order valence-corrected chi connectivity index (χ2v) is 7.09. The van der Waals surface area contributed by atoms with Gasteiger partial charge < -0.3 is 10.6 Å². The van der Waals surface area contributed by atoms with Gasteiger partial charge in [0.2, 0.25) is 5.91 Å². The third-order valence-corrected chi connectivity index (χ3v) is 4.88. The molecule has 0 unspecified atom stereocenters. The zero-order chi connectivity index (χ0) is 19.7. The average Bonchev–Trinajstić information content (AvgIpc) is 3.49. The molecule has 1 heterocycles. The number of benzene rings is 2. The second-order valence-electron chi connectivity index (χ2n) is 7.09. The van der Waals surface area contributed by atoms with E-state index in [4.69, 9.17) is 0 Å². The molecule has 0 saturated heterocycles. The number of carbonyl (C=O) groups excluding carboxylic acids is 2. The van der Waals surface area contributed by atoms with E-state index in [0.29, 0.717) is 16.9 Å². The summed E-state index contributed by atoms with van der Waals surface area (Å²) in [7, 11) is 0. The first-order valence-electron chi connectivity index (χ1n) is 9.37. The SMILES string of the molecule is Cc1nn(-c2ccccc2)c(C)c1C(=O)Nc1ccc(NC(=O)C2CC2)cc1. The summed E-state index contributed by atoms with van der Waals surface area (Å²) in [6.07, 6.45) is 1.94. The number of anilines is 2. The summed E-state index contributed by atoms with van der Waals surface area (Å²) in [5, 5.41) is 10.3. The summed E-state index contributed by atoms with van der Waals surface area (Å²) in [6, 6.07) is 16.9. The van der Waals surface area contributed by atoms with Gasteiger partial charge in [-0.05, 0) is 63.1 Å². The average molecular weight is 374 g/mol. The molecule has 2 amide bonds. The number of carbonyl (C=O) groups is 2. The predicted octanol–water partition coefficient (Wildman–Crippen LogP) is 4.09. The molecule has 0 aliphatic heterocycles. The van der Waals surface area contributed by atoms with Crippen molar-refractivity contribution in [3.05, 3.63) is 71.5 Å². The highest BCUT2D eigenvalue weighted by molar-refractivity contribution is 6.06. The number of hydrogen-bond acceptors (Lipinski definition) is 3. The van der Waals surface area contributed by atoms with Crippen molar-refractivity contribution >= 4 is 23.2 Å². The van der Waals surface area contributed by atoms with Crippen LogP contribution in [0.1, 0.15) is 34.6 Å². The van der Waals surface area contributed by atoms with Crippen LogP contribution < -0.4 is 10.6 Å². The molecule has 6 heteroatoms. The highest BCUT2D eigenvalue weighted by Gasteiger charge is 2.29. The van der Waals surface area contributed by atoms with Crippen molar-refractivity contribution in [3.8, 4) is 5.69 Å². The van der Waals surface area contributed by atoms with Gasteiger partial charge in [0.25, 0.3) is 5.91 Å². The number of amides is 2. The molecule has 28 heavy (non-hydrogen) atoms. The number of nitrogens with zero attached hydrogens (tertiary/aromatic N) is 2.